The molecule has 2 heterocycles. The lowest BCUT2D eigenvalue weighted by Crippen LogP contribution is -2.40. The standard InChI is InChI=1S/C22H27ClN2/c1-16-21(12-13-22(24-16)17-8-10-19(23)11-9-17)18-5-4-14-25(15-18)20-6-2-3-7-20/h8-13,18,20H,2-7,14-15H2,1H3. The summed E-state index contributed by atoms with van der Waals surface area (Å²) in [6.07, 6.45) is 8.26. The Morgan fingerprint density at radius 2 is 1.72 bits per heavy atom. The van der Waals surface area contributed by atoms with Gasteiger partial charge in [0.05, 0.1) is 5.69 Å². The number of aromatic nitrogens is 1. The van der Waals surface area contributed by atoms with Gasteiger partial charge in [-0.05, 0) is 68.8 Å². The SMILES string of the molecule is Cc1nc(-c2ccc(Cl)cc2)ccc1C1CCCN(C2CCCC2)C1. The second kappa shape index (κ2) is 7.47. The summed E-state index contributed by atoms with van der Waals surface area (Å²) in [5, 5.41) is 0.770. The summed E-state index contributed by atoms with van der Waals surface area (Å²) in [6.45, 7) is 4.67. The van der Waals surface area contributed by atoms with Crippen LogP contribution in [0.5, 0.6) is 0 Å². The van der Waals surface area contributed by atoms with E-state index < -0.39 is 0 Å². The summed E-state index contributed by atoms with van der Waals surface area (Å²) in [6, 6.07) is 13.3. The molecule has 25 heavy (non-hydrogen) atoms. The largest absolute Gasteiger partial charge is 0.300 e. The third kappa shape index (κ3) is 3.75. The summed E-state index contributed by atoms with van der Waals surface area (Å²) < 4.78 is 0. The van der Waals surface area contributed by atoms with E-state index in [1.807, 2.05) is 24.3 Å². The number of likely N-dealkylation sites (tertiary alicyclic amines) is 1. The average Bonchev–Trinajstić information content (AvgIpc) is 3.17. The van der Waals surface area contributed by atoms with Crippen LogP contribution >= 0.6 is 11.6 Å². The van der Waals surface area contributed by atoms with Gasteiger partial charge < -0.3 is 0 Å². The lowest BCUT2D eigenvalue weighted by molar-refractivity contribution is 0.150. The van der Waals surface area contributed by atoms with Gasteiger partial charge in [0.25, 0.3) is 0 Å². The number of aryl methyl sites for hydroxylation is 1. The summed E-state index contributed by atoms with van der Waals surface area (Å²) in [7, 11) is 0. The van der Waals surface area contributed by atoms with Crippen molar-refractivity contribution in [3.8, 4) is 11.3 Å². The van der Waals surface area contributed by atoms with Crippen LogP contribution in [0, 0.1) is 6.92 Å². The number of pyridine rings is 1. The minimum atomic E-state index is 0.640. The van der Waals surface area contributed by atoms with Crippen LogP contribution in [0.4, 0.5) is 0 Å². The van der Waals surface area contributed by atoms with Gasteiger partial charge in [-0.25, -0.2) is 0 Å². The molecule has 2 nitrogen and oxygen atoms in total. The van der Waals surface area contributed by atoms with Crippen molar-refractivity contribution in [1.29, 1.82) is 0 Å². The Bertz CT molecular complexity index is 719. The van der Waals surface area contributed by atoms with Gasteiger partial charge in [0.1, 0.15) is 0 Å². The molecule has 1 aliphatic carbocycles. The fraction of sp³-hybridized carbons (Fsp3) is 0.500. The van der Waals surface area contributed by atoms with Gasteiger partial charge >= 0.3 is 0 Å². The van der Waals surface area contributed by atoms with Crippen molar-refractivity contribution in [2.45, 2.75) is 57.4 Å². The number of hydrogen-bond donors (Lipinski definition) is 0. The molecular weight excluding hydrogens is 328 g/mol. The van der Waals surface area contributed by atoms with Gasteiger partial charge in [0.2, 0.25) is 0 Å². The van der Waals surface area contributed by atoms with Gasteiger partial charge in [-0.3, -0.25) is 9.88 Å². The smallest absolute Gasteiger partial charge is 0.0705 e. The fourth-order valence-electron chi connectivity index (χ4n) is 4.65. The zero-order valence-corrected chi connectivity index (χ0v) is 15.8. The summed E-state index contributed by atoms with van der Waals surface area (Å²) in [5.74, 6) is 0.640. The molecule has 1 aromatic heterocycles. The third-order valence-corrected chi connectivity index (χ3v) is 6.25. The van der Waals surface area contributed by atoms with E-state index in [9.17, 15) is 0 Å². The Balaban J connectivity index is 1.53. The highest BCUT2D eigenvalue weighted by atomic mass is 35.5. The van der Waals surface area contributed by atoms with Crippen LogP contribution < -0.4 is 0 Å². The Kier molecular flexibility index (Phi) is 5.10. The van der Waals surface area contributed by atoms with Crippen LogP contribution in [0.15, 0.2) is 36.4 Å². The molecule has 2 aromatic rings. The number of nitrogens with zero attached hydrogens (tertiary/aromatic N) is 2. The summed E-state index contributed by atoms with van der Waals surface area (Å²) in [5.41, 5.74) is 4.81. The molecular formula is C22H27ClN2. The second-order valence-corrected chi connectivity index (χ2v) is 8.09. The molecule has 1 atom stereocenters. The van der Waals surface area contributed by atoms with E-state index in [-0.39, 0.29) is 0 Å². The highest BCUT2D eigenvalue weighted by Gasteiger charge is 2.29. The Morgan fingerprint density at radius 1 is 0.960 bits per heavy atom. The number of hydrogen-bond acceptors (Lipinski definition) is 2. The van der Waals surface area contributed by atoms with Crippen LogP contribution in [-0.2, 0) is 0 Å². The van der Waals surface area contributed by atoms with E-state index >= 15 is 0 Å². The maximum absolute atomic E-state index is 6.00. The van der Waals surface area contributed by atoms with E-state index in [0.29, 0.717) is 5.92 Å². The molecule has 1 saturated heterocycles. The van der Waals surface area contributed by atoms with Crippen LogP contribution in [-0.4, -0.2) is 29.0 Å². The maximum atomic E-state index is 6.00. The normalized spacial score (nSPS) is 22.4. The molecule has 1 saturated carbocycles. The van der Waals surface area contributed by atoms with Crippen molar-refractivity contribution in [3.05, 3.63) is 52.7 Å². The van der Waals surface area contributed by atoms with Gasteiger partial charge in [-0.15, -0.1) is 0 Å². The second-order valence-electron chi connectivity index (χ2n) is 7.65. The zero-order valence-electron chi connectivity index (χ0n) is 15.0. The highest BCUT2D eigenvalue weighted by Crippen LogP contribution is 2.34. The predicted octanol–water partition coefficient (Wildman–Crippen LogP) is 5.83. The van der Waals surface area contributed by atoms with Crippen molar-refractivity contribution in [1.82, 2.24) is 9.88 Å². The first-order valence-electron chi connectivity index (χ1n) is 9.68. The molecule has 1 unspecified atom stereocenters. The topological polar surface area (TPSA) is 16.1 Å². The first-order chi connectivity index (χ1) is 12.2. The van der Waals surface area contributed by atoms with Gasteiger partial charge in [0, 0.05) is 28.9 Å². The summed E-state index contributed by atoms with van der Waals surface area (Å²) in [4.78, 5) is 7.67. The van der Waals surface area contributed by atoms with Gasteiger partial charge in [0.15, 0.2) is 0 Å². The molecule has 1 aliphatic heterocycles. The number of piperidine rings is 1. The van der Waals surface area contributed by atoms with Crippen LogP contribution in [0.2, 0.25) is 5.02 Å². The number of benzene rings is 1. The average molecular weight is 355 g/mol. The summed E-state index contributed by atoms with van der Waals surface area (Å²) >= 11 is 6.00. The Morgan fingerprint density at radius 3 is 2.44 bits per heavy atom. The van der Waals surface area contributed by atoms with E-state index in [1.165, 1.54) is 62.9 Å². The molecule has 0 bridgehead atoms. The van der Waals surface area contributed by atoms with E-state index in [2.05, 4.69) is 24.0 Å². The molecule has 0 amide bonds. The molecule has 1 aromatic carbocycles. The maximum Gasteiger partial charge on any atom is 0.0705 e. The predicted molar refractivity (Wildman–Crippen MR) is 105 cm³/mol. The first-order valence-corrected chi connectivity index (χ1v) is 10.1. The van der Waals surface area contributed by atoms with Gasteiger partial charge in [-0.1, -0.05) is 42.6 Å². The van der Waals surface area contributed by atoms with Crippen molar-refractivity contribution in [2.24, 2.45) is 0 Å². The van der Waals surface area contributed by atoms with E-state index in [4.69, 9.17) is 16.6 Å². The quantitative estimate of drug-likeness (QED) is 0.689. The number of rotatable bonds is 3. The molecule has 0 N–H and O–H groups in total. The third-order valence-electron chi connectivity index (χ3n) is 6.00. The molecule has 0 spiro atoms. The fourth-order valence-corrected chi connectivity index (χ4v) is 4.77. The van der Waals surface area contributed by atoms with Crippen molar-refractivity contribution in [3.63, 3.8) is 0 Å². The van der Waals surface area contributed by atoms with Gasteiger partial charge in [-0.2, -0.15) is 0 Å². The highest BCUT2D eigenvalue weighted by molar-refractivity contribution is 6.30. The van der Waals surface area contributed by atoms with E-state index in [1.54, 1.807) is 0 Å². The molecule has 2 aliphatic rings. The molecule has 3 heteroatoms. The van der Waals surface area contributed by atoms with Crippen LogP contribution in [0.1, 0.15) is 55.7 Å². The molecule has 0 radical (unpaired) electrons. The van der Waals surface area contributed by atoms with Crippen LogP contribution in [0.3, 0.4) is 0 Å². The Labute approximate surface area is 156 Å². The first kappa shape index (κ1) is 17.1. The number of halogens is 1. The van der Waals surface area contributed by atoms with E-state index in [0.717, 1.165) is 22.3 Å². The minimum absolute atomic E-state index is 0.640. The Hall–Kier alpha value is -1.38. The molecule has 132 valence electrons. The lowest BCUT2D eigenvalue weighted by Gasteiger charge is -2.37. The molecule has 2 fully saturated rings. The molecule has 4 rings (SSSR count). The zero-order chi connectivity index (χ0) is 17.2. The minimum Gasteiger partial charge on any atom is -0.300 e. The lowest BCUT2D eigenvalue weighted by atomic mass is 9.88. The van der Waals surface area contributed by atoms with Crippen molar-refractivity contribution < 1.29 is 0 Å². The van der Waals surface area contributed by atoms with Crippen molar-refractivity contribution >= 4 is 11.6 Å². The monoisotopic (exact) mass is 354 g/mol. The van der Waals surface area contributed by atoms with Crippen LogP contribution in [0.25, 0.3) is 11.3 Å². The van der Waals surface area contributed by atoms with Crippen molar-refractivity contribution in [2.75, 3.05) is 13.1 Å².